The normalized spacial score (nSPS) is 53.2. The van der Waals surface area contributed by atoms with Crippen LogP contribution < -0.4 is 0 Å². The van der Waals surface area contributed by atoms with Gasteiger partial charge >= 0.3 is 11.9 Å². The van der Waals surface area contributed by atoms with Crippen molar-refractivity contribution in [1.82, 2.24) is 0 Å². The zero-order chi connectivity index (χ0) is 27.4. The fraction of sp³-hybridized carbons (Fsp3) is 0.839. The molecule has 5 aliphatic carbocycles. The number of carboxylic acids is 2. The van der Waals surface area contributed by atoms with Gasteiger partial charge in [-0.2, -0.15) is 0 Å². The van der Waals surface area contributed by atoms with E-state index in [4.69, 9.17) is 4.74 Å². The number of hydrogen-bond acceptors (Lipinski definition) is 4. The summed E-state index contributed by atoms with van der Waals surface area (Å²) < 4.78 is 5.74. The molecule has 5 rings (SSSR count). The number of ether oxygens (including phenoxy) is 1. The minimum Gasteiger partial charge on any atom is -0.481 e. The Labute approximate surface area is 221 Å². The third-order valence-corrected chi connectivity index (χ3v) is 13.4. The highest BCUT2D eigenvalue weighted by Crippen LogP contribution is 2.75. The molecule has 0 unspecified atom stereocenters. The molecule has 0 aromatic rings. The third kappa shape index (κ3) is 3.17. The lowest BCUT2D eigenvalue weighted by molar-refractivity contribution is -0.218. The fourth-order valence-corrected chi connectivity index (χ4v) is 10.7. The van der Waals surface area contributed by atoms with Gasteiger partial charge in [0.05, 0.1) is 16.9 Å². The van der Waals surface area contributed by atoms with Gasteiger partial charge in [-0.3, -0.25) is 14.4 Å². The van der Waals surface area contributed by atoms with Gasteiger partial charge in [-0.15, -0.1) is 0 Å². The lowest BCUT2D eigenvalue weighted by atomic mass is 9.33. The van der Waals surface area contributed by atoms with Crippen molar-refractivity contribution < 1.29 is 29.3 Å². The van der Waals surface area contributed by atoms with Crippen LogP contribution in [0.25, 0.3) is 0 Å². The lowest BCUT2D eigenvalue weighted by Crippen LogP contribution is -2.68. The third-order valence-electron chi connectivity index (χ3n) is 13.4. The van der Waals surface area contributed by atoms with E-state index in [9.17, 15) is 24.6 Å². The van der Waals surface area contributed by atoms with E-state index in [1.807, 2.05) is 19.9 Å². The molecule has 6 nitrogen and oxygen atoms in total. The molecule has 0 amide bonds. The molecule has 0 aromatic heterocycles. The van der Waals surface area contributed by atoms with Crippen molar-refractivity contribution in [2.75, 3.05) is 7.11 Å². The number of ketones is 1. The molecule has 0 saturated heterocycles. The number of carbonyl (C=O) groups is 3. The summed E-state index contributed by atoms with van der Waals surface area (Å²) in [6.45, 7) is 12.8. The molecule has 4 fully saturated rings. The second-order valence-corrected chi connectivity index (χ2v) is 14.9. The van der Waals surface area contributed by atoms with Gasteiger partial charge in [0, 0.05) is 13.0 Å². The van der Waals surface area contributed by atoms with Gasteiger partial charge in [0.1, 0.15) is 0 Å². The standard InChI is InChI=1S/C31H46O6/c1-26-12-13-27(2,24(33)34)17-19(26)18-16-20(32)23-28(3)10-9-22(37-7)31(6,25(35)36)21(28)8-11-30(23,5)29(18,4)15-14-26/h16,19,21-23H,8-15,17H2,1-7H3,(H,33,34)(H,35,36)/t19-,21+,22-,23+,26+,27-,28-,29+,30+,31-/m0/s1. The van der Waals surface area contributed by atoms with Gasteiger partial charge in [0.15, 0.2) is 5.78 Å². The predicted molar refractivity (Wildman–Crippen MR) is 140 cm³/mol. The van der Waals surface area contributed by atoms with Gasteiger partial charge in [-0.1, -0.05) is 33.3 Å². The van der Waals surface area contributed by atoms with Crippen LogP contribution in [0.3, 0.4) is 0 Å². The van der Waals surface area contributed by atoms with Gasteiger partial charge in [0.25, 0.3) is 0 Å². The molecule has 2 N–H and O–H groups in total. The Balaban J connectivity index is 1.62. The Morgan fingerprint density at radius 1 is 0.892 bits per heavy atom. The molecule has 4 saturated carbocycles. The van der Waals surface area contributed by atoms with Crippen molar-refractivity contribution in [3.63, 3.8) is 0 Å². The molecular formula is C31H46O6. The highest BCUT2D eigenvalue weighted by atomic mass is 16.5. The van der Waals surface area contributed by atoms with Gasteiger partial charge in [-0.05, 0) is 111 Å². The average molecular weight is 515 g/mol. The molecule has 37 heavy (non-hydrogen) atoms. The average Bonchev–Trinajstić information content (AvgIpc) is 2.81. The molecule has 10 atom stereocenters. The van der Waals surface area contributed by atoms with E-state index in [1.54, 1.807) is 7.11 Å². The first-order chi connectivity index (χ1) is 17.0. The first-order valence-corrected chi connectivity index (χ1v) is 14.3. The number of methoxy groups -OCH3 is 1. The van der Waals surface area contributed by atoms with Gasteiger partial charge in [0.2, 0.25) is 0 Å². The summed E-state index contributed by atoms with van der Waals surface area (Å²) in [6, 6.07) is 0. The molecule has 5 aliphatic rings. The Kier molecular flexibility index (Phi) is 5.76. The van der Waals surface area contributed by atoms with E-state index >= 15 is 0 Å². The first-order valence-electron chi connectivity index (χ1n) is 14.3. The Hall–Kier alpha value is -1.69. The second-order valence-electron chi connectivity index (χ2n) is 14.9. The van der Waals surface area contributed by atoms with Crippen molar-refractivity contribution in [3.05, 3.63) is 11.6 Å². The number of carboxylic acid groups (broad SMARTS) is 2. The molecule has 0 spiro atoms. The minimum absolute atomic E-state index is 0.0172. The summed E-state index contributed by atoms with van der Waals surface area (Å²) in [5.74, 6) is -1.73. The SMILES string of the molecule is CO[C@H]1CC[C@@]2(C)[C@@H](CC[C@]3(C)[C@@H]2C(=O)C=C2[C@@H]4C[C@@](C)(C(=O)O)CC[C@]4(C)CC[C@]23C)[C@]1(C)C(=O)O. The Morgan fingerprint density at radius 2 is 1.54 bits per heavy atom. The van der Waals surface area contributed by atoms with Crippen LogP contribution in [0.15, 0.2) is 11.6 Å². The number of carbonyl (C=O) groups excluding carboxylic acids is 1. The topological polar surface area (TPSA) is 101 Å². The maximum atomic E-state index is 14.3. The molecule has 0 aliphatic heterocycles. The molecule has 0 aromatic carbocycles. The molecule has 6 heteroatoms. The quantitative estimate of drug-likeness (QED) is 0.470. The highest BCUT2D eigenvalue weighted by Gasteiger charge is 2.72. The van der Waals surface area contributed by atoms with E-state index in [2.05, 4.69) is 27.7 Å². The van der Waals surface area contributed by atoms with Crippen LogP contribution in [0.5, 0.6) is 0 Å². The Morgan fingerprint density at radius 3 is 2.14 bits per heavy atom. The summed E-state index contributed by atoms with van der Waals surface area (Å²) in [4.78, 5) is 39.3. The van der Waals surface area contributed by atoms with Crippen molar-refractivity contribution in [1.29, 1.82) is 0 Å². The molecule has 206 valence electrons. The number of fused-ring (bicyclic) bond motifs is 7. The fourth-order valence-electron chi connectivity index (χ4n) is 10.7. The van der Waals surface area contributed by atoms with E-state index < -0.39 is 28.2 Å². The number of rotatable bonds is 3. The molecule has 0 radical (unpaired) electrons. The summed E-state index contributed by atoms with van der Waals surface area (Å²) in [5.41, 5.74) is -1.54. The van der Waals surface area contributed by atoms with E-state index in [0.29, 0.717) is 19.3 Å². The minimum atomic E-state index is -1.04. The zero-order valence-electron chi connectivity index (χ0n) is 23.8. The van der Waals surface area contributed by atoms with Crippen molar-refractivity contribution in [3.8, 4) is 0 Å². The van der Waals surface area contributed by atoms with Crippen molar-refractivity contribution >= 4 is 17.7 Å². The van der Waals surface area contributed by atoms with E-state index in [-0.39, 0.29) is 45.9 Å². The lowest BCUT2D eigenvalue weighted by Gasteiger charge is -2.70. The second kappa shape index (κ2) is 7.92. The summed E-state index contributed by atoms with van der Waals surface area (Å²) in [6.07, 6.45) is 8.71. The number of aliphatic carboxylic acids is 2. The Bertz CT molecular complexity index is 1080. The zero-order valence-corrected chi connectivity index (χ0v) is 23.8. The van der Waals surface area contributed by atoms with Crippen molar-refractivity contribution in [2.24, 2.45) is 50.2 Å². The van der Waals surface area contributed by atoms with Crippen LogP contribution in [-0.2, 0) is 19.1 Å². The predicted octanol–water partition coefficient (Wildman–Crippen LogP) is 6.13. The number of allylic oxidation sites excluding steroid dienone is 2. The number of hydrogen-bond donors (Lipinski definition) is 2. The maximum Gasteiger partial charge on any atom is 0.312 e. The largest absolute Gasteiger partial charge is 0.481 e. The molecular weight excluding hydrogens is 468 g/mol. The van der Waals surface area contributed by atoms with Crippen LogP contribution in [0, 0.1) is 50.2 Å². The molecule has 0 bridgehead atoms. The summed E-state index contributed by atoms with van der Waals surface area (Å²) in [7, 11) is 1.61. The van der Waals surface area contributed by atoms with Gasteiger partial charge in [-0.25, -0.2) is 0 Å². The van der Waals surface area contributed by atoms with Crippen LogP contribution in [0.2, 0.25) is 0 Å². The van der Waals surface area contributed by atoms with Gasteiger partial charge < -0.3 is 14.9 Å². The first kappa shape index (κ1) is 26.9. The highest BCUT2D eigenvalue weighted by molar-refractivity contribution is 5.96. The van der Waals surface area contributed by atoms with E-state index in [0.717, 1.165) is 38.5 Å². The van der Waals surface area contributed by atoms with Crippen LogP contribution >= 0.6 is 0 Å². The van der Waals surface area contributed by atoms with Crippen LogP contribution in [0.1, 0.15) is 99.3 Å². The summed E-state index contributed by atoms with van der Waals surface area (Å²) in [5, 5.41) is 20.5. The monoisotopic (exact) mass is 514 g/mol. The van der Waals surface area contributed by atoms with E-state index in [1.165, 1.54) is 5.57 Å². The maximum absolute atomic E-state index is 14.3. The molecule has 0 heterocycles. The van der Waals surface area contributed by atoms with Crippen LogP contribution in [0.4, 0.5) is 0 Å². The summed E-state index contributed by atoms with van der Waals surface area (Å²) >= 11 is 0. The van der Waals surface area contributed by atoms with Crippen LogP contribution in [-0.4, -0.2) is 41.1 Å². The van der Waals surface area contributed by atoms with Crippen molar-refractivity contribution in [2.45, 2.75) is 105 Å². The smallest absolute Gasteiger partial charge is 0.312 e.